The number of carbonyl (C=O) groups is 1. The van der Waals surface area contributed by atoms with Gasteiger partial charge in [-0.05, 0) is 74.4 Å². The van der Waals surface area contributed by atoms with Gasteiger partial charge in [0.15, 0.2) is 0 Å². The number of hydrogen-bond donors (Lipinski definition) is 1. The highest BCUT2D eigenvalue weighted by Gasteiger charge is 2.32. The van der Waals surface area contributed by atoms with Gasteiger partial charge in [-0.2, -0.15) is 4.31 Å². The van der Waals surface area contributed by atoms with E-state index in [0.29, 0.717) is 30.8 Å². The van der Waals surface area contributed by atoms with Crippen molar-refractivity contribution in [2.24, 2.45) is 5.92 Å². The van der Waals surface area contributed by atoms with Crippen LogP contribution >= 0.6 is 0 Å². The summed E-state index contributed by atoms with van der Waals surface area (Å²) in [6.45, 7) is 8.67. The lowest BCUT2D eigenvalue weighted by molar-refractivity contribution is -0.120. The third-order valence-corrected chi connectivity index (χ3v) is 7.82. The van der Waals surface area contributed by atoms with Gasteiger partial charge in [0.2, 0.25) is 15.9 Å². The number of nitrogens with one attached hydrogen (secondary N) is 1. The van der Waals surface area contributed by atoms with Crippen LogP contribution < -0.4 is 5.32 Å². The predicted molar refractivity (Wildman–Crippen MR) is 117 cm³/mol. The van der Waals surface area contributed by atoms with Crippen LogP contribution in [0.4, 0.5) is 5.69 Å². The van der Waals surface area contributed by atoms with Crippen LogP contribution in [-0.2, 0) is 21.2 Å². The Morgan fingerprint density at radius 3 is 2.34 bits per heavy atom. The first kappa shape index (κ1) is 21.5. The van der Waals surface area contributed by atoms with E-state index in [-0.39, 0.29) is 11.8 Å². The SMILES string of the molecule is CCc1cccc(C)c1NC(=O)C1CCN(S(=O)(=O)c2ccc(C)c(C)c2)CC1. The van der Waals surface area contributed by atoms with Crippen LogP contribution in [-0.4, -0.2) is 31.7 Å². The molecule has 0 spiro atoms. The lowest BCUT2D eigenvalue weighted by atomic mass is 9.96. The van der Waals surface area contributed by atoms with Gasteiger partial charge in [-0.3, -0.25) is 4.79 Å². The maximum Gasteiger partial charge on any atom is 0.243 e. The molecule has 1 amide bonds. The molecule has 3 rings (SSSR count). The van der Waals surface area contributed by atoms with Gasteiger partial charge in [-0.1, -0.05) is 31.2 Å². The fourth-order valence-corrected chi connectivity index (χ4v) is 5.36. The number of nitrogens with zero attached hydrogens (tertiary/aromatic N) is 1. The van der Waals surface area contributed by atoms with E-state index >= 15 is 0 Å². The summed E-state index contributed by atoms with van der Waals surface area (Å²) in [6.07, 6.45) is 1.91. The lowest BCUT2D eigenvalue weighted by Crippen LogP contribution is -2.41. The smallest absolute Gasteiger partial charge is 0.243 e. The Kier molecular flexibility index (Phi) is 6.44. The van der Waals surface area contributed by atoms with Gasteiger partial charge in [-0.25, -0.2) is 8.42 Å². The van der Waals surface area contributed by atoms with Crippen LogP contribution in [0.2, 0.25) is 0 Å². The molecule has 2 aromatic carbocycles. The molecule has 1 aliphatic heterocycles. The van der Waals surface area contributed by atoms with Crippen LogP contribution in [0.3, 0.4) is 0 Å². The number of para-hydroxylation sites is 1. The molecule has 1 fully saturated rings. The Hall–Kier alpha value is -2.18. The van der Waals surface area contributed by atoms with E-state index in [1.54, 1.807) is 12.1 Å². The summed E-state index contributed by atoms with van der Waals surface area (Å²) in [4.78, 5) is 13.1. The second-order valence-electron chi connectivity index (χ2n) is 7.88. The third-order valence-electron chi connectivity index (χ3n) is 5.93. The summed E-state index contributed by atoms with van der Waals surface area (Å²) in [7, 11) is -3.53. The largest absolute Gasteiger partial charge is 0.325 e. The van der Waals surface area contributed by atoms with E-state index in [0.717, 1.165) is 34.4 Å². The fourth-order valence-electron chi connectivity index (χ4n) is 3.81. The number of amides is 1. The molecule has 0 aromatic heterocycles. The van der Waals surface area contributed by atoms with Gasteiger partial charge in [0.1, 0.15) is 0 Å². The number of carbonyl (C=O) groups excluding carboxylic acids is 1. The molecular weight excluding hydrogens is 384 g/mol. The van der Waals surface area contributed by atoms with E-state index in [2.05, 4.69) is 12.2 Å². The summed E-state index contributed by atoms with van der Waals surface area (Å²) >= 11 is 0. The van der Waals surface area contributed by atoms with Gasteiger partial charge in [0.25, 0.3) is 0 Å². The van der Waals surface area contributed by atoms with E-state index < -0.39 is 10.0 Å². The van der Waals surface area contributed by atoms with Crippen LogP contribution in [0.25, 0.3) is 0 Å². The second-order valence-corrected chi connectivity index (χ2v) is 9.81. The molecule has 29 heavy (non-hydrogen) atoms. The molecule has 1 heterocycles. The first-order chi connectivity index (χ1) is 13.7. The topological polar surface area (TPSA) is 66.5 Å². The van der Waals surface area contributed by atoms with Crippen molar-refractivity contribution in [2.75, 3.05) is 18.4 Å². The summed E-state index contributed by atoms with van der Waals surface area (Å²) in [5, 5.41) is 3.09. The zero-order chi connectivity index (χ0) is 21.2. The molecule has 2 aromatic rings. The molecule has 1 saturated heterocycles. The Labute approximate surface area is 174 Å². The molecule has 0 radical (unpaired) electrons. The van der Waals surface area contributed by atoms with Crippen molar-refractivity contribution in [3.8, 4) is 0 Å². The van der Waals surface area contributed by atoms with Crippen molar-refractivity contribution in [1.29, 1.82) is 0 Å². The summed E-state index contributed by atoms with van der Waals surface area (Å²) in [5.74, 6) is -0.192. The minimum Gasteiger partial charge on any atom is -0.325 e. The number of piperidine rings is 1. The quantitative estimate of drug-likeness (QED) is 0.797. The standard InChI is InChI=1S/C23H30N2O3S/c1-5-19-8-6-7-17(3)22(19)24-23(26)20-11-13-25(14-12-20)29(27,28)21-10-9-16(2)18(4)15-21/h6-10,15,20H,5,11-14H2,1-4H3,(H,24,26). The van der Waals surface area contributed by atoms with Gasteiger partial charge >= 0.3 is 0 Å². The molecule has 0 saturated carbocycles. The van der Waals surface area contributed by atoms with Crippen LogP contribution in [0.15, 0.2) is 41.3 Å². The first-order valence-electron chi connectivity index (χ1n) is 10.2. The molecule has 0 unspecified atom stereocenters. The summed E-state index contributed by atoms with van der Waals surface area (Å²) in [5.41, 5.74) is 5.10. The van der Waals surface area contributed by atoms with Crippen molar-refractivity contribution in [2.45, 2.75) is 51.9 Å². The van der Waals surface area contributed by atoms with Gasteiger partial charge in [0, 0.05) is 24.7 Å². The minimum absolute atomic E-state index is 0.0165. The molecule has 5 nitrogen and oxygen atoms in total. The van der Waals surface area contributed by atoms with Crippen molar-refractivity contribution >= 4 is 21.6 Å². The number of hydrogen-bond acceptors (Lipinski definition) is 3. The maximum atomic E-state index is 13.0. The highest BCUT2D eigenvalue weighted by Crippen LogP contribution is 2.27. The zero-order valence-electron chi connectivity index (χ0n) is 17.7. The van der Waals surface area contributed by atoms with Crippen LogP contribution in [0.1, 0.15) is 42.0 Å². The monoisotopic (exact) mass is 414 g/mol. The molecule has 0 aliphatic carbocycles. The molecule has 6 heteroatoms. The van der Waals surface area contributed by atoms with E-state index in [1.807, 2.05) is 45.0 Å². The Morgan fingerprint density at radius 2 is 1.72 bits per heavy atom. The van der Waals surface area contributed by atoms with Crippen molar-refractivity contribution in [3.63, 3.8) is 0 Å². The van der Waals surface area contributed by atoms with Gasteiger partial charge in [0.05, 0.1) is 4.90 Å². The number of anilines is 1. The number of rotatable bonds is 5. The zero-order valence-corrected chi connectivity index (χ0v) is 18.5. The van der Waals surface area contributed by atoms with Gasteiger partial charge < -0.3 is 5.32 Å². The highest BCUT2D eigenvalue weighted by atomic mass is 32.2. The minimum atomic E-state index is -3.53. The lowest BCUT2D eigenvalue weighted by Gasteiger charge is -2.31. The van der Waals surface area contributed by atoms with Crippen LogP contribution in [0, 0.1) is 26.7 Å². The van der Waals surface area contributed by atoms with E-state index in [4.69, 9.17) is 0 Å². The van der Waals surface area contributed by atoms with Gasteiger partial charge in [-0.15, -0.1) is 0 Å². The number of benzene rings is 2. The third kappa shape index (κ3) is 4.54. The normalized spacial score (nSPS) is 16.0. The maximum absolute atomic E-state index is 13.0. The molecule has 0 atom stereocenters. The number of aryl methyl sites for hydroxylation is 4. The second kappa shape index (κ2) is 8.67. The highest BCUT2D eigenvalue weighted by molar-refractivity contribution is 7.89. The first-order valence-corrected chi connectivity index (χ1v) is 11.6. The summed E-state index contributed by atoms with van der Waals surface area (Å²) in [6, 6.07) is 11.3. The molecule has 1 N–H and O–H groups in total. The van der Waals surface area contributed by atoms with Crippen molar-refractivity contribution < 1.29 is 13.2 Å². The summed E-state index contributed by atoms with van der Waals surface area (Å²) < 4.78 is 27.4. The Morgan fingerprint density at radius 1 is 1.03 bits per heavy atom. The van der Waals surface area contributed by atoms with Crippen LogP contribution in [0.5, 0.6) is 0 Å². The molecular formula is C23H30N2O3S. The van der Waals surface area contributed by atoms with E-state index in [9.17, 15) is 13.2 Å². The molecule has 0 bridgehead atoms. The molecule has 156 valence electrons. The average Bonchev–Trinajstić information content (AvgIpc) is 2.71. The Bertz CT molecular complexity index is 1010. The molecule has 1 aliphatic rings. The van der Waals surface area contributed by atoms with Crippen molar-refractivity contribution in [1.82, 2.24) is 4.31 Å². The fraction of sp³-hybridized carbons (Fsp3) is 0.435. The van der Waals surface area contributed by atoms with E-state index in [1.165, 1.54) is 4.31 Å². The van der Waals surface area contributed by atoms with Crippen molar-refractivity contribution in [3.05, 3.63) is 58.7 Å². The predicted octanol–water partition coefficient (Wildman–Crippen LogP) is 4.21. The number of sulfonamides is 1. The average molecular weight is 415 g/mol. The Balaban J connectivity index is 1.67.